The Kier molecular flexibility index (Phi) is 4.88. The maximum Gasteiger partial charge on any atom is 0.191 e. The Hall–Kier alpha value is -1.71. The molecule has 4 nitrogen and oxygen atoms in total. The van der Waals surface area contributed by atoms with Gasteiger partial charge in [-0.3, -0.25) is 4.99 Å². The van der Waals surface area contributed by atoms with Gasteiger partial charge in [0.15, 0.2) is 5.96 Å². The van der Waals surface area contributed by atoms with E-state index >= 15 is 0 Å². The molecule has 110 valence electrons. The predicted octanol–water partition coefficient (Wildman–Crippen LogP) is 2.47. The van der Waals surface area contributed by atoms with E-state index in [9.17, 15) is 0 Å². The Labute approximate surface area is 121 Å². The Balaban J connectivity index is 1.88. The van der Waals surface area contributed by atoms with Gasteiger partial charge in [-0.1, -0.05) is 19.1 Å². The maximum atomic E-state index is 5.55. The first-order valence-corrected chi connectivity index (χ1v) is 7.33. The number of guanidine groups is 1. The molecule has 0 aromatic heterocycles. The van der Waals surface area contributed by atoms with Crippen molar-refractivity contribution < 1.29 is 4.74 Å². The maximum absolute atomic E-state index is 5.55. The Morgan fingerprint density at radius 1 is 1.45 bits per heavy atom. The number of nitrogens with zero attached hydrogens (tertiary/aromatic N) is 1. The van der Waals surface area contributed by atoms with Crippen LogP contribution < -0.4 is 15.4 Å². The minimum absolute atomic E-state index is 0.586. The van der Waals surface area contributed by atoms with Crippen LogP contribution >= 0.6 is 0 Å². The van der Waals surface area contributed by atoms with E-state index in [1.165, 1.54) is 17.5 Å². The molecular weight excluding hydrogens is 250 g/mol. The van der Waals surface area contributed by atoms with Crippen LogP contribution in [0.5, 0.6) is 5.75 Å². The van der Waals surface area contributed by atoms with Gasteiger partial charge < -0.3 is 15.4 Å². The van der Waals surface area contributed by atoms with Crippen LogP contribution in [0.3, 0.4) is 0 Å². The fourth-order valence-electron chi connectivity index (χ4n) is 2.22. The van der Waals surface area contributed by atoms with E-state index in [2.05, 4.69) is 41.6 Å². The minimum atomic E-state index is 0.586. The number of aryl methyl sites for hydroxylation is 1. The zero-order valence-corrected chi connectivity index (χ0v) is 12.9. The molecule has 1 saturated carbocycles. The molecule has 20 heavy (non-hydrogen) atoms. The SMILES string of the molecule is CCOc1ccc(CNC(=NC)NC2CC2C)cc1C. The monoisotopic (exact) mass is 275 g/mol. The van der Waals surface area contributed by atoms with Crippen molar-refractivity contribution in [1.29, 1.82) is 0 Å². The minimum Gasteiger partial charge on any atom is -0.494 e. The van der Waals surface area contributed by atoms with Crippen LogP contribution in [0.1, 0.15) is 31.4 Å². The van der Waals surface area contributed by atoms with Crippen LogP contribution in [-0.2, 0) is 6.54 Å². The van der Waals surface area contributed by atoms with Crippen LogP contribution in [0.25, 0.3) is 0 Å². The average Bonchev–Trinajstić information content (AvgIpc) is 3.13. The lowest BCUT2D eigenvalue weighted by Gasteiger charge is -2.13. The van der Waals surface area contributed by atoms with Crippen molar-refractivity contribution in [3.05, 3.63) is 29.3 Å². The second-order valence-corrected chi connectivity index (χ2v) is 5.42. The molecule has 2 rings (SSSR count). The molecule has 1 aliphatic carbocycles. The van der Waals surface area contributed by atoms with Crippen LogP contribution in [0.4, 0.5) is 0 Å². The van der Waals surface area contributed by atoms with Crippen LogP contribution in [-0.4, -0.2) is 25.7 Å². The van der Waals surface area contributed by atoms with Gasteiger partial charge in [0.25, 0.3) is 0 Å². The average molecular weight is 275 g/mol. The number of hydrogen-bond donors (Lipinski definition) is 2. The molecule has 0 radical (unpaired) electrons. The lowest BCUT2D eigenvalue weighted by Crippen LogP contribution is -2.38. The zero-order chi connectivity index (χ0) is 14.5. The molecule has 2 N–H and O–H groups in total. The molecule has 1 aliphatic rings. The smallest absolute Gasteiger partial charge is 0.191 e. The lowest BCUT2D eigenvalue weighted by atomic mass is 10.1. The first kappa shape index (κ1) is 14.7. The zero-order valence-electron chi connectivity index (χ0n) is 12.9. The van der Waals surface area contributed by atoms with Crippen molar-refractivity contribution in [1.82, 2.24) is 10.6 Å². The Bertz CT molecular complexity index is 485. The molecule has 0 aliphatic heterocycles. The number of rotatable bonds is 5. The van der Waals surface area contributed by atoms with Crippen molar-refractivity contribution >= 4 is 5.96 Å². The van der Waals surface area contributed by atoms with Crippen molar-refractivity contribution in [3.8, 4) is 5.75 Å². The molecule has 2 unspecified atom stereocenters. The highest BCUT2D eigenvalue weighted by molar-refractivity contribution is 5.80. The van der Waals surface area contributed by atoms with Gasteiger partial charge >= 0.3 is 0 Å². The van der Waals surface area contributed by atoms with E-state index in [-0.39, 0.29) is 0 Å². The van der Waals surface area contributed by atoms with Gasteiger partial charge in [-0.05, 0) is 43.4 Å². The van der Waals surface area contributed by atoms with E-state index in [1.54, 1.807) is 0 Å². The van der Waals surface area contributed by atoms with Gasteiger partial charge in [0.05, 0.1) is 6.61 Å². The van der Waals surface area contributed by atoms with Gasteiger partial charge in [0.2, 0.25) is 0 Å². The standard InChI is InChI=1S/C16H25N3O/c1-5-20-15-7-6-13(8-12(15)3)10-18-16(17-4)19-14-9-11(14)2/h6-8,11,14H,5,9-10H2,1-4H3,(H2,17,18,19). The highest BCUT2D eigenvalue weighted by Crippen LogP contribution is 2.28. The fraction of sp³-hybridized carbons (Fsp3) is 0.562. The molecule has 1 aromatic rings. The summed E-state index contributed by atoms with van der Waals surface area (Å²) in [5.41, 5.74) is 2.41. The van der Waals surface area contributed by atoms with Crippen LogP contribution in [0.2, 0.25) is 0 Å². The summed E-state index contributed by atoms with van der Waals surface area (Å²) in [7, 11) is 1.81. The second-order valence-electron chi connectivity index (χ2n) is 5.42. The van der Waals surface area contributed by atoms with E-state index in [0.29, 0.717) is 12.6 Å². The molecule has 1 fully saturated rings. The highest BCUT2D eigenvalue weighted by Gasteiger charge is 2.33. The summed E-state index contributed by atoms with van der Waals surface area (Å²) in [6.45, 7) is 7.81. The first-order valence-electron chi connectivity index (χ1n) is 7.33. The summed E-state index contributed by atoms with van der Waals surface area (Å²) in [5.74, 6) is 2.61. The van der Waals surface area contributed by atoms with Gasteiger partial charge in [-0.2, -0.15) is 0 Å². The summed E-state index contributed by atoms with van der Waals surface area (Å²) >= 11 is 0. The van der Waals surface area contributed by atoms with E-state index in [1.807, 2.05) is 20.0 Å². The molecule has 2 atom stereocenters. The van der Waals surface area contributed by atoms with Gasteiger partial charge in [-0.25, -0.2) is 0 Å². The summed E-state index contributed by atoms with van der Waals surface area (Å²) in [6.07, 6.45) is 1.24. The molecule has 0 bridgehead atoms. The van der Waals surface area contributed by atoms with Gasteiger partial charge in [0.1, 0.15) is 5.75 Å². The van der Waals surface area contributed by atoms with Crippen LogP contribution in [0, 0.1) is 12.8 Å². The number of benzene rings is 1. The fourth-order valence-corrected chi connectivity index (χ4v) is 2.22. The molecule has 0 spiro atoms. The number of ether oxygens (including phenoxy) is 1. The first-order chi connectivity index (χ1) is 9.63. The Morgan fingerprint density at radius 3 is 2.75 bits per heavy atom. The van der Waals surface area contributed by atoms with E-state index in [0.717, 1.165) is 24.2 Å². The molecule has 4 heteroatoms. The largest absolute Gasteiger partial charge is 0.494 e. The molecule has 0 heterocycles. The number of hydrogen-bond acceptors (Lipinski definition) is 2. The highest BCUT2D eigenvalue weighted by atomic mass is 16.5. The third-order valence-corrected chi connectivity index (χ3v) is 3.65. The normalized spacial score (nSPS) is 21.5. The quantitative estimate of drug-likeness (QED) is 0.641. The Morgan fingerprint density at radius 2 is 2.20 bits per heavy atom. The summed E-state index contributed by atoms with van der Waals surface area (Å²) in [6, 6.07) is 6.88. The van der Waals surface area contributed by atoms with Crippen molar-refractivity contribution in [3.63, 3.8) is 0 Å². The van der Waals surface area contributed by atoms with E-state index in [4.69, 9.17) is 4.74 Å². The van der Waals surface area contributed by atoms with Gasteiger partial charge in [0, 0.05) is 19.6 Å². The molecule has 0 saturated heterocycles. The number of aliphatic imine (C=N–C) groups is 1. The van der Waals surface area contributed by atoms with Crippen molar-refractivity contribution in [2.45, 2.75) is 39.8 Å². The topological polar surface area (TPSA) is 45.6 Å². The van der Waals surface area contributed by atoms with Crippen LogP contribution in [0.15, 0.2) is 23.2 Å². The predicted molar refractivity (Wildman–Crippen MR) is 83.3 cm³/mol. The summed E-state index contributed by atoms with van der Waals surface area (Å²) in [5, 5.41) is 6.78. The molecule has 1 aromatic carbocycles. The third-order valence-electron chi connectivity index (χ3n) is 3.65. The lowest BCUT2D eigenvalue weighted by molar-refractivity contribution is 0.338. The van der Waals surface area contributed by atoms with Gasteiger partial charge in [-0.15, -0.1) is 0 Å². The molecule has 0 amide bonds. The van der Waals surface area contributed by atoms with Crippen molar-refractivity contribution in [2.75, 3.05) is 13.7 Å². The third kappa shape index (κ3) is 3.89. The van der Waals surface area contributed by atoms with E-state index < -0.39 is 0 Å². The second kappa shape index (κ2) is 6.64. The van der Waals surface area contributed by atoms with Crippen molar-refractivity contribution in [2.24, 2.45) is 10.9 Å². The summed E-state index contributed by atoms with van der Waals surface area (Å²) < 4.78 is 5.55. The molecular formula is C16H25N3O. The summed E-state index contributed by atoms with van der Waals surface area (Å²) in [4.78, 5) is 4.26. The number of nitrogens with one attached hydrogen (secondary N) is 2.